The number of quaternary nitrogens is 1. The van der Waals surface area contributed by atoms with E-state index in [9.17, 15) is 13.2 Å². The molecule has 0 spiro atoms. The Bertz CT molecular complexity index is 215. The molecular weight excluding hydrogens is 241 g/mol. The largest absolute Gasteiger partial charge is 0.394 e. The van der Waals surface area contributed by atoms with Gasteiger partial charge < -0.3 is 4.48 Å². The summed E-state index contributed by atoms with van der Waals surface area (Å²) in [6.45, 7) is 4.60. The summed E-state index contributed by atoms with van der Waals surface area (Å²) in [4.78, 5) is 2.63. The van der Waals surface area contributed by atoms with Crippen molar-refractivity contribution < 1.29 is 17.7 Å². The van der Waals surface area contributed by atoms with Crippen molar-refractivity contribution in [3.05, 3.63) is 0 Å². The number of halogens is 4. The van der Waals surface area contributed by atoms with E-state index in [4.69, 9.17) is 11.8 Å². The van der Waals surface area contributed by atoms with Crippen LogP contribution >= 0.6 is 11.8 Å². The number of nitrogens with zero attached hydrogens (tertiary/aromatic N) is 1. The van der Waals surface area contributed by atoms with Crippen LogP contribution in [0.4, 0.5) is 13.2 Å². The molecular formula is C10H21ClF3N2+. The summed E-state index contributed by atoms with van der Waals surface area (Å²) in [5, 5.41) is 0. The van der Waals surface area contributed by atoms with Crippen LogP contribution in [0.1, 0.15) is 26.7 Å². The van der Waals surface area contributed by atoms with Crippen molar-refractivity contribution in [1.29, 1.82) is 0 Å². The van der Waals surface area contributed by atoms with Gasteiger partial charge in [0.2, 0.25) is 0 Å². The second kappa shape index (κ2) is 5.56. The molecule has 0 amide bonds. The maximum absolute atomic E-state index is 12.1. The van der Waals surface area contributed by atoms with Gasteiger partial charge >= 0.3 is 6.18 Å². The van der Waals surface area contributed by atoms with Gasteiger partial charge in [-0.1, -0.05) is 0 Å². The fourth-order valence-corrected chi connectivity index (χ4v) is 1.27. The molecule has 0 aliphatic rings. The second-order valence-electron chi connectivity index (χ2n) is 5.48. The summed E-state index contributed by atoms with van der Waals surface area (Å²) in [6.07, 6.45) is -4.09. The maximum Gasteiger partial charge on any atom is 0.394 e. The van der Waals surface area contributed by atoms with E-state index >= 15 is 0 Å². The SMILES string of the molecule is CC(C)(CC[N+](C)(C)CCC(F)(F)F)NCl. The first-order valence-electron chi connectivity index (χ1n) is 5.24. The molecule has 0 saturated carbocycles. The Morgan fingerprint density at radius 1 is 1.06 bits per heavy atom. The molecule has 0 radical (unpaired) electrons. The number of rotatable bonds is 6. The van der Waals surface area contributed by atoms with Gasteiger partial charge in [-0.2, -0.15) is 13.2 Å². The molecule has 1 N–H and O–H groups in total. The van der Waals surface area contributed by atoms with Crippen LogP contribution in [0.2, 0.25) is 0 Å². The third kappa shape index (κ3) is 8.19. The van der Waals surface area contributed by atoms with E-state index in [2.05, 4.69) is 4.84 Å². The van der Waals surface area contributed by atoms with Gasteiger partial charge in [-0.05, 0) is 25.6 Å². The molecule has 0 unspecified atom stereocenters. The van der Waals surface area contributed by atoms with Crippen molar-refractivity contribution >= 4 is 11.8 Å². The molecule has 6 heteroatoms. The van der Waals surface area contributed by atoms with Crippen molar-refractivity contribution in [2.24, 2.45) is 0 Å². The highest BCUT2D eigenvalue weighted by Gasteiger charge is 2.32. The first-order chi connectivity index (χ1) is 6.97. The molecule has 0 aliphatic heterocycles. The Morgan fingerprint density at radius 3 is 1.88 bits per heavy atom. The Hall–Kier alpha value is 0. The van der Waals surface area contributed by atoms with Gasteiger partial charge in [-0.3, -0.25) is 0 Å². The summed E-state index contributed by atoms with van der Waals surface area (Å²) in [6, 6.07) is 0. The zero-order valence-electron chi connectivity index (χ0n) is 10.3. The van der Waals surface area contributed by atoms with Gasteiger partial charge in [0.05, 0.1) is 33.6 Å². The van der Waals surface area contributed by atoms with Gasteiger partial charge in [0.25, 0.3) is 0 Å². The molecule has 2 nitrogen and oxygen atoms in total. The summed E-state index contributed by atoms with van der Waals surface area (Å²) < 4.78 is 36.6. The van der Waals surface area contributed by atoms with Gasteiger partial charge in [-0.25, -0.2) is 4.84 Å². The van der Waals surface area contributed by atoms with Crippen molar-refractivity contribution in [2.75, 3.05) is 27.2 Å². The van der Waals surface area contributed by atoms with Crippen LogP contribution in [0.3, 0.4) is 0 Å². The molecule has 0 aromatic rings. The average Bonchev–Trinajstić information content (AvgIpc) is 2.12. The van der Waals surface area contributed by atoms with Crippen LogP contribution < -0.4 is 4.84 Å². The summed E-state index contributed by atoms with van der Waals surface area (Å²) >= 11 is 5.53. The zero-order valence-corrected chi connectivity index (χ0v) is 11.0. The van der Waals surface area contributed by atoms with Crippen molar-refractivity contribution in [1.82, 2.24) is 4.84 Å². The average molecular weight is 262 g/mol. The standard InChI is InChI=1S/C10H21ClF3N2/c1-9(2,15-11)5-7-16(3,4)8-6-10(12,13)14/h15H,5-8H2,1-4H3/q+1. The van der Waals surface area contributed by atoms with Gasteiger partial charge in [0.15, 0.2) is 0 Å². The summed E-state index contributed by atoms with van der Waals surface area (Å²) in [5.41, 5.74) is -0.255. The van der Waals surface area contributed by atoms with Crippen LogP contribution in [0.15, 0.2) is 0 Å². The third-order valence-electron chi connectivity index (χ3n) is 2.60. The molecule has 16 heavy (non-hydrogen) atoms. The summed E-state index contributed by atoms with van der Waals surface area (Å²) in [7, 11) is 3.60. The number of hydrogen-bond donors (Lipinski definition) is 1. The molecule has 0 aromatic heterocycles. The highest BCUT2D eigenvalue weighted by molar-refractivity contribution is 6.13. The zero-order chi connectivity index (χ0) is 13.0. The van der Waals surface area contributed by atoms with E-state index in [1.807, 2.05) is 13.8 Å². The highest BCUT2D eigenvalue weighted by Crippen LogP contribution is 2.21. The number of hydrogen-bond acceptors (Lipinski definition) is 1. The van der Waals surface area contributed by atoms with Gasteiger partial charge in [0.1, 0.15) is 0 Å². The van der Waals surface area contributed by atoms with E-state index in [1.165, 1.54) is 0 Å². The van der Waals surface area contributed by atoms with Crippen LogP contribution in [0.25, 0.3) is 0 Å². The fourth-order valence-electron chi connectivity index (χ4n) is 1.17. The molecule has 0 aliphatic carbocycles. The molecule has 0 rings (SSSR count). The number of alkyl halides is 3. The van der Waals surface area contributed by atoms with E-state index in [-0.39, 0.29) is 12.1 Å². The lowest BCUT2D eigenvalue weighted by Gasteiger charge is -2.33. The Morgan fingerprint density at radius 2 is 1.50 bits per heavy atom. The van der Waals surface area contributed by atoms with Crippen LogP contribution in [-0.2, 0) is 0 Å². The number of nitrogens with one attached hydrogen (secondary N) is 1. The lowest BCUT2D eigenvalue weighted by molar-refractivity contribution is -0.892. The maximum atomic E-state index is 12.1. The molecule has 0 aromatic carbocycles. The lowest BCUT2D eigenvalue weighted by atomic mass is 10.0. The van der Waals surface area contributed by atoms with E-state index in [0.717, 1.165) is 6.42 Å². The summed E-state index contributed by atoms with van der Waals surface area (Å²) in [5.74, 6) is 0. The van der Waals surface area contributed by atoms with Crippen molar-refractivity contribution in [3.8, 4) is 0 Å². The molecule has 0 bridgehead atoms. The minimum Gasteiger partial charge on any atom is -0.328 e. The Balaban J connectivity index is 4.06. The Kier molecular flexibility index (Phi) is 5.56. The quantitative estimate of drug-likeness (QED) is 0.573. The third-order valence-corrected chi connectivity index (χ3v) is 3.11. The van der Waals surface area contributed by atoms with E-state index in [1.54, 1.807) is 14.1 Å². The first-order valence-corrected chi connectivity index (χ1v) is 5.62. The fraction of sp³-hybridized carbons (Fsp3) is 1.00. The van der Waals surface area contributed by atoms with Crippen LogP contribution in [-0.4, -0.2) is 43.4 Å². The van der Waals surface area contributed by atoms with Gasteiger partial charge in [-0.15, -0.1) is 0 Å². The minimum atomic E-state index is -4.07. The molecule has 0 atom stereocenters. The topological polar surface area (TPSA) is 12.0 Å². The minimum absolute atomic E-state index is 0.0991. The van der Waals surface area contributed by atoms with Crippen LogP contribution in [0.5, 0.6) is 0 Å². The molecule has 0 heterocycles. The Labute approximate surface area is 100 Å². The molecule has 0 fully saturated rings. The van der Waals surface area contributed by atoms with Crippen molar-refractivity contribution in [2.45, 2.75) is 38.4 Å². The van der Waals surface area contributed by atoms with E-state index in [0.29, 0.717) is 11.0 Å². The highest BCUT2D eigenvalue weighted by atomic mass is 35.5. The monoisotopic (exact) mass is 261 g/mol. The molecule has 0 saturated heterocycles. The van der Waals surface area contributed by atoms with Crippen molar-refractivity contribution in [3.63, 3.8) is 0 Å². The predicted octanol–water partition coefficient (Wildman–Crippen LogP) is 2.93. The van der Waals surface area contributed by atoms with Crippen LogP contribution in [0, 0.1) is 0 Å². The first kappa shape index (κ1) is 16.0. The molecule has 98 valence electrons. The van der Waals surface area contributed by atoms with Gasteiger partial charge in [0, 0.05) is 12.0 Å². The lowest BCUT2D eigenvalue weighted by Crippen LogP contribution is -2.46. The predicted molar refractivity (Wildman–Crippen MR) is 60.2 cm³/mol. The smallest absolute Gasteiger partial charge is 0.328 e. The normalized spacial score (nSPS) is 14.2. The van der Waals surface area contributed by atoms with E-state index < -0.39 is 12.6 Å². The second-order valence-corrected chi connectivity index (χ2v) is 5.67.